The summed E-state index contributed by atoms with van der Waals surface area (Å²) in [5.74, 6) is -1.77. The van der Waals surface area contributed by atoms with Crippen LogP contribution in [0.2, 0.25) is 5.02 Å². The summed E-state index contributed by atoms with van der Waals surface area (Å²) in [5.41, 5.74) is -3.36. The van der Waals surface area contributed by atoms with Crippen molar-refractivity contribution in [2.24, 2.45) is 0 Å². The fourth-order valence-electron chi connectivity index (χ4n) is 3.10. The lowest BCUT2D eigenvalue weighted by atomic mass is 9.99. The summed E-state index contributed by atoms with van der Waals surface area (Å²) >= 11 is 5.85. The molecule has 0 bridgehead atoms. The molecule has 0 spiro atoms. The molecular formula is C22H20ClF6NO3. The van der Waals surface area contributed by atoms with Gasteiger partial charge in [0.15, 0.2) is 0 Å². The Kier molecular flexibility index (Phi) is 8.40. The molecule has 0 radical (unpaired) electrons. The molecule has 0 saturated carbocycles. The van der Waals surface area contributed by atoms with Gasteiger partial charge in [-0.2, -0.15) is 26.3 Å². The highest BCUT2D eigenvalue weighted by Crippen LogP contribution is 2.36. The van der Waals surface area contributed by atoms with E-state index in [2.05, 4.69) is 0 Å². The average molecular weight is 496 g/mol. The van der Waals surface area contributed by atoms with Crippen LogP contribution in [-0.2, 0) is 28.3 Å². The Labute approximate surface area is 191 Å². The third kappa shape index (κ3) is 7.38. The number of benzene rings is 2. The van der Waals surface area contributed by atoms with Gasteiger partial charge in [-0.05, 0) is 49.2 Å². The predicted octanol–water partition coefficient (Wildman–Crippen LogP) is 6.01. The molecule has 0 aromatic heterocycles. The highest BCUT2D eigenvalue weighted by atomic mass is 35.5. The van der Waals surface area contributed by atoms with E-state index in [0.29, 0.717) is 22.7 Å². The largest absolute Gasteiger partial charge is 0.466 e. The highest BCUT2D eigenvalue weighted by Gasteiger charge is 2.38. The summed E-state index contributed by atoms with van der Waals surface area (Å²) in [6, 6.07) is 6.17. The molecule has 0 aliphatic rings. The number of alkyl halides is 6. The molecule has 4 nitrogen and oxygen atoms in total. The van der Waals surface area contributed by atoms with Gasteiger partial charge in [-0.25, -0.2) is 0 Å². The van der Waals surface area contributed by atoms with Crippen LogP contribution in [0.1, 0.15) is 40.4 Å². The van der Waals surface area contributed by atoms with Crippen molar-refractivity contribution in [3.63, 3.8) is 0 Å². The molecule has 0 aliphatic carbocycles. The molecular weight excluding hydrogens is 476 g/mol. The van der Waals surface area contributed by atoms with Gasteiger partial charge < -0.3 is 9.64 Å². The zero-order valence-corrected chi connectivity index (χ0v) is 18.3. The summed E-state index contributed by atoms with van der Waals surface area (Å²) in [7, 11) is 1.20. The van der Waals surface area contributed by atoms with E-state index in [1.165, 1.54) is 7.05 Å². The van der Waals surface area contributed by atoms with Gasteiger partial charge in [0.05, 0.1) is 24.2 Å². The van der Waals surface area contributed by atoms with E-state index in [1.807, 2.05) is 0 Å². The molecule has 0 fully saturated rings. The Morgan fingerprint density at radius 2 is 1.48 bits per heavy atom. The third-order valence-electron chi connectivity index (χ3n) is 4.79. The number of carbonyl (C=O) groups excluding carboxylic acids is 2. The summed E-state index contributed by atoms with van der Waals surface area (Å²) in [6.07, 6.45) is -10.4. The minimum absolute atomic E-state index is 0.0550. The lowest BCUT2D eigenvalue weighted by molar-refractivity contribution is -0.144. The Bertz CT molecular complexity index is 957. The maximum atomic E-state index is 13.2. The fraction of sp³-hybridized carbons (Fsp3) is 0.364. The number of ether oxygens (including phenoxy) is 1. The summed E-state index contributed by atoms with van der Waals surface area (Å²) in [4.78, 5) is 25.9. The number of likely N-dealkylation sites (N-methyl/N-ethyl adjacent to an activating group) is 1. The van der Waals surface area contributed by atoms with Crippen LogP contribution in [-0.4, -0.2) is 36.5 Å². The molecule has 1 atom stereocenters. The number of esters is 1. The van der Waals surface area contributed by atoms with E-state index in [-0.39, 0.29) is 25.5 Å². The molecule has 0 N–H and O–H groups in total. The standard InChI is InChI=1S/C22H20ClF6NO3/c1-3-33-19(31)12-18(8-13-4-6-17(23)7-5-13)30(2)20(32)14-9-15(21(24,25)26)11-16(10-14)22(27,28)29/h4-7,9-11,18H,3,8,12H2,1-2H3. The molecule has 11 heteroatoms. The zero-order valence-electron chi connectivity index (χ0n) is 17.6. The molecule has 33 heavy (non-hydrogen) atoms. The van der Waals surface area contributed by atoms with Gasteiger partial charge >= 0.3 is 18.3 Å². The number of halogens is 7. The second-order valence-electron chi connectivity index (χ2n) is 7.20. The first kappa shape index (κ1) is 26.5. The molecule has 0 aliphatic heterocycles. The Balaban J connectivity index is 2.43. The number of amides is 1. The lowest BCUT2D eigenvalue weighted by Crippen LogP contribution is -2.40. The van der Waals surface area contributed by atoms with Crippen molar-refractivity contribution in [3.8, 4) is 0 Å². The molecule has 1 unspecified atom stereocenters. The van der Waals surface area contributed by atoms with E-state index in [4.69, 9.17) is 16.3 Å². The first-order valence-electron chi connectivity index (χ1n) is 9.69. The van der Waals surface area contributed by atoms with Crippen LogP contribution in [0, 0.1) is 0 Å². The number of hydrogen-bond acceptors (Lipinski definition) is 3. The minimum atomic E-state index is -5.09. The van der Waals surface area contributed by atoms with Gasteiger partial charge in [0.1, 0.15) is 0 Å². The van der Waals surface area contributed by atoms with E-state index in [9.17, 15) is 35.9 Å². The summed E-state index contributed by atoms with van der Waals surface area (Å²) in [6.45, 7) is 1.63. The molecule has 2 rings (SSSR count). The SMILES string of the molecule is CCOC(=O)CC(Cc1ccc(Cl)cc1)N(C)C(=O)c1cc(C(F)(F)F)cc(C(F)(F)F)c1. The van der Waals surface area contributed by atoms with Crippen molar-refractivity contribution in [1.82, 2.24) is 4.90 Å². The second kappa shape index (κ2) is 10.5. The van der Waals surface area contributed by atoms with E-state index in [1.54, 1.807) is 31.2 Å². The van der Waals surface area contributed by atoms with Gasteiger partial charge in [0.2, 0.25) is 0 Å². The molecule has 2 aromatic carbocycles. The van der Waals surface area contributed by atoms with Crippen molar-refractivity contribution in [2.75, 3.05) is 13.7 Å². The molecule has 1 amide bonds. The predicted molar refractivity (Wildman–Crippen MR) is 109 cm³/mol. The Hall–Kier alpha value is -2.75. The van der Waals surface area contributed by atoms with Crippen molar-refractivity contribution in [2.45, 2.75) is 38.2 Å². The molecule has 180 valence electrons. The number of carbonyl (C=O) groups is 2. The van der Waals surface area contributed by atoms with Crippen LogP contribution in [0.3, 0.4) is 0 Å². The van der Waals surface area contributed by atoms with Gasteiger partial charge in [-0.15, -0.1) is 0 Å². The quantitative estimate of drug-likeness (QED) is 0.349. The average Bonchev–Trinajstić information content (AvgIpc) is 2.72. The van der Waals surface area contributed by atoms with Crippen LogP contribution >= 0.6 is 11.6 Å². The second-order valence-corrected chi connectivity index (χ2v) is 7.64. The molecule has 0 saturated heterocycles. The van der Waals surface area contributed by atoms with Crippen molar-refractivity contribution >= 4 is 23.5 Å². The van der Waals surface area contributed by atoms with Crippen LogP contribution in [0.5, 0.6) is 0 Å². The van der Waals surface area contributed by atoms with Crippen LogP contribution in [0.15, 0.2) is 42.5 Å². The third-order valence-corrected chi connectivity index (χ3v) is 5.05. The van der Waals surface area contributed by atoms with Crippen molar-refractivity contribution in [1.29, 1.82) is 0 Å². The normalized spacial score (nSPS) is 12.9. The van der Waals surface area contributed by atoms with Crippen LogP contribution in [0.4, 0.5) is 26.3 Å². The maximum absolute atomic E-state index is 13.2. The lowest BCUT2D eigenvalue weighted by Gasteiger charge is -2.28. The maximum Gasteiger partial charge on any atom is 0.416 e. The first-order valence-corrected chi connectivity index (χ1v) is 10.1. The van der Waals surface area contributed by atoms with E-state index in [0.717, 1.165) is 4.90 Å². The van der Waals surface area contributed by atoms with Crippen molar-refractivity contribution in [3.05, 3.63) is 69.7 Å². The van der Waals surface area contributed by atoms with Crippen LogP contribution < -0.4 is 0 Å². The van der Waals surface area contributed by atoms with Gasteiger partial charge in [0.25, 0.3) is 5.91 Å². The molecule has 0 heterocycles. The van der Waals surface area contributed by atoms with Crippen molar-refractivity contribution < 1.29 is 40.7 Å². The fourth-order valence-corrected chi connectivity index (χ4v) is 3.22. The topological polar surface area (TPSA) is 46.6 Å². The number of nitrogens with zero attached hydrogens (tertiary/aromatic N) is 1. The van der Waals surface area contributed by atoms with Crippen LogP contribution in [0.25, 0.3) is 0 Å². The monoisotopic (exact) mass is 495 g/mol. The smallest absolute Gasteiger partial charge is 0.416 e. The zero-order chi connectivity index (χ0) is 25.0. The highest BCUT2D eigenvalue weighted by molar-refractivity contribution is 6.30. The first-order chi connectivity index (χ1) is 15.2. The Morgan fingerprint density at radius 1 is 0.970 bits per heavy atom. The molecule has 2 aromatic rings. The Morgan fingerprint density at radius 3 is 1.94 bits per heavy atom. The van der Waals surface area contributed by atoms with Gasteiger partial charge in [0, 0.05) is 23.7 Å². The summed E-state index contributed by atoms with van der Waals surface area (Å²) in [5, 5.41) is 0.439. The van der Waals surface area contributed by atoms with Gasteiger partial charge in [-0.1, -0.05) is 23.7 Å². The minimum Gasteiger partial charge on any atom is -0.466 e. The number of rotatable bonds is 7. The van der Waals surface area contributed by atoms with E-state index < -0.39 is 47.0 Å². The van der Waals surface area contributed by atoms with E-state index >= 15 is 0 Å². The summed E-state index contributed by atoms with van der Waals surface area (Å²) < 4.78 is 83.9. The van der Waals surface area contributed by atoms with Gasteiger partial charge in [-0.3, -0.25) is 9.59 Å². The number of hydrogen-bond donors (Lipinski definition) is 0.